The number of carbonyl (C=O) groups is 2. The van der Waals surface area contributed by atoms with Crippen molar-refractivity contribution in [2.45, 2.75) is 32.4 Å². The average molecular weight is 224 g/mol. The van der Waals surface area contributed by atoms with Crippen molar-refractivity contribution in [2.75, 3.05) is 0 Å². The summed E-state index contributed by atoms with van der Waals surface area (Å²) in [6.07, 6.45) is 0.644. The van der Waals surface area contributed by atoms with E-state index < -0.39 is 12.0 Å². The van der Waals surface area contributed by atoms with Crippen LogP contribution >= 0.6 is 0 Å². The van der Waals surface area contributed by atoms with E-state index in [4.69, 9.17) is 9.63 Å². The van der Waals surface area contributed by atoms with Gasteiger partial charge in [0, 0.05) is 12.5 Å². The topological polar surface area (TPSA) is 83.6 Å². The Hall–Kier alpha value is -1.85. The maximum Gasteiger partial charge on any atom is 0.326 e. The summed E-state index contributed by atoms with van der Waals surface area (Å²) >= 11 is 0. The summed E-state index contributed by atoms with van der Waals surface area (Å²) in [7, 11) is 0. The van der Waals surface area contributed by atoms with Crippen LogP contribution in [0.5, 0.6) is 0 Å². The molecule has 0 spiro atoms. The molecule has 1 N–H and O–H groups in total. The molecule has 1 aromatic rings. The van der Waals surface area contributed by atoms with Crippen LogP contribution in [0.2, 0.25) is 0 Å². The van der Waals surface area contributed by atoms with Crippen LogP contribution in [0.1, 0.15) is 24.3 Å². The second-order valence-corrected chi connectivity index (χ2v) is 3.85. The number of aryl methyl sites for hydroxylation is 1. The first kappa shape index (κ1) is 10.7. The van der Waals surface area contributed by atoms with Crippen molar-refractivity contribution in [3.8, 4) is 0 Å². The van der Waals surface area contributed by atoms with E-state index in [1.807, 2.05) is 0 Å². The highest BCUT2D eigenvalue weighted by Gasteiger charge is 2.36. The number of likely N-dealkylation sites (tertiary alicyclic amines) is 1. The minimum atomic E-state index is -0.970. The number of aromatic nitrogens is 1. The Morgan fingerprint density at radius 3 is 3.06 bits per heavy atom. The van der Waals surface area contributed by atoms with Gasteiger partial charge in [0.2, 0.25) is 5.91 Å². The molecule has 0 saturated carbocycles. The van der Waals surface area contributed by atoms with Gasteiger partial charge in [-0.3, -0.25) is 4.79 Å². The van der Waals surface area contributed by atoms with E-state index in [2.05, 4.69) is 5.16 Å². The average Bonchev–Trinajstić information content (AvgIpc) is 2.76. The summed E-state index contributed by atoms with van der Waals surface area (Å²) in [5, 5.41) is 12.6. The maximum atomic E-state index is 11.5. The van der Waals surface area contributed by atoms with Crippen LogP contribution in [-0.2, 0) is 16.1 Å². The molecule has 6 heteroatoms. The minimum Gasteiger partial charge on any atom is -0.480 e. The molecule has 16 heavy (non-hydrogen) atoms. The number of aliphatic carboxylic acids is 1. The molecule has 1 saturated heterocycles. The normalized spacial score (nSPS) is 20.4. The summed E-state index contributed by atoms with van der Waals surface area (Å²) in [4.78, 5) is 23.7. The van der Waals surface area contributed by atoms with Gasteiger partial charge >= 0.3 is 5.97 Å². The van der Waals surface area contributed by atoms with E-state index in [0.717, 1.165) is 0 Å². The quantitative estimate of drug-likeness (QED) is 0.810. The van der Waals surface area contributed by atoms with Crippen molar-refractivity contribution >= 4 is 11.9 Å². The number of nitrogens with zero attached hydrogens (tertiary/aromatic N) is 2. The van der Waals surface area contributed by atoms with Gasteiger partial charge in [-0.25, -0.2) is 4.79 Å². The molecule has 0 aromatic carbocycles. The van der Waals surface area contributed by atoms with Crippen LogP contribution in [0.15, 0.2) is 10.6 Å². The molecule has 1 unspecified atom stereocenters. The lowest BCUT2D eigenvalue weighted by molar-refractivity contribution is -0.146. The molecule has 1 amide bonds. The fourth-order valence-corrected chi connectivity index (χ4v) is 1.85. The van der Waals surface area contributed by atoms with Crippen molar-refractivity contribution in [3.63, 3.8) is 0 Å². The predicted octanol–water partition coefficient (Wildman–Crippen LogP) is 0.559. The second-order valence-electron chi connectivity index (χ2n) is 3.85. The second kappa shape index (κ2) is 3.96. The third kappa shape index (κ3) is 1.91. The third-order valence-corrected chi connectivity index (χ3v) is 2.62. The number of amides is 1. The number of carboxylic acids is 1. The van der Waals surface area contributed by atoms with E-state index in [1.165, 1.54) is 4.90 Å². The smallest absolute Gasteiger partial charge is 0.326 e. The van der Waals surface area contributed by atoms with Crippen molar-refractivity contribution in [2.24, 2.45) is 0 Å². The molecular weight excluding hydrogens is 212 g/mol. The van der Waals surface area contributed by atoms with Crippen molar-refractivity contribution < 1.29 is 19.2 Å². The van der Waals surface area contributed by atoms with Gasteiger partial charge in [-0.15, -0.1) is 0 Å². The minimum absolute atomic E-state index is 0.151. The van der Waals surface area contributed by atoms with Gasteiger partial charge < -0.3 is 14.5 Å². The van der Waals surface area contributed by atoms with Gasteiger partial charge in [0.25, 0.3) is 0 Å². The Bertz CT molecular complexity index is 426. The highest BCUT2D eigenvalue weighted by atomic mass is 16.5. The molecule has 0 aliphatic carbocycles. The zero-order chi connectivity index (χ0) is 11.7. The molecular formula is C10H12N2O4. The van der Waals surface area contributed by atoms with Gasteiger partial charge in [0.15, 0.2) is 5.76 Å². The van der Waals surface area contributed by atoms with Crippen molar-refractivity contribution in [1.82, 2.24) is 10.1 Å². The Kier molecular flexibility index (Phi) is 2.64. The molecule has 86 valence electrons. The van der Waals surface area contributed by atoms with Crippen molar-refractivity contribution in [1.29, 1.82) is 0 Å². The molecule has 2 heterocycles. The summed E-state index contributed by atoms with van der Waals surface area (Å²) < 4.78 is 4.97. The van der Waals surface area contributed by atoms with Gasteiger partial charge in [-0.2, -0.15) is 0 Å². The molecule has 2 rings (SSSR count). The van der Waals surface area contributed by atoms with Gasteiger partial charge in [0.1, 0.15) is 6.04 Å². The van der Waals surface area contributed by atoms with Gasteiger partial charge in [-0.1, -0.05) is 5.16 Å². The molecule has 1 atom stereocenters. The highest BCUT2D eigenvalue weighted by molar-refractivity contribution is 5.87. The predicted molar refractivity (Wildman–Crippen MR) is 52.4 cm³/mol. The summed E-state index contributed by atoms with van der Waals surface area (Å²) in [6, 6.07) is 0.961. The lowest BCUT2D eigenvalue weighted by Gasteiger charge is -2.19. The fraction of sp³-hybridized carbons (Fsp3) is 0.500. The van der Waals surface area contributed by atoms with Crippen LogP contribution in [0, 0.1) is 6.92 Å². The van der Waals surface area contributed by atoms with Crippen molar-refractivity contribution in [3.05, 3.63) is 17.5 Å². The lowest BCUT2D eigenvalue weighted by Crippen LogP contribution is -2.37. The number of hydrogen-bond donors (Lipinski definition) is 1. The molecule has 1 fully saturated rings. The monoisotopic (exact) mass is 224 g/mol. The lowest BCUT2D eigenvalue weighted by atomic mass is 10.2. The standard InChI is InChI=1S/C10H12N2O4/c1-6-4-7(16-11-6)5-12-8(10(14)15)2-3-9(12)13/h4,8H,2-3,5H2,1H3,(H,14,15). The number of carboxylic acid groups (broad SMARTS) is 1. The Morgan fingerprint density at radius 1 is 1.75 bits per heavy atom. The molecule has 1 aliphatic heterocycles. The highest BCUT2D eigenvalue weighted by Crippen LogP contribution is 2.21. The molecule has 1 aromatic heterocycles. The Morgan fingerprint density at radius 2 is 2.50 bits per heavy atom. The zero-order valence-corrected chi connectivity index (χ0v) is 8.84. The molecule has 0 bridgehead atoms. The summed E-state index contributed by atoms with van der Waals surface area (Å²) in [5.74, 6) is -0.609. The number of rotatable bonds is 3. The van der Waals surface area contributed by atoms with Gasteiger partial charge in [0.05, 0.1) is 12.2 Å². The number of carbonyl (C=O) groups excluding carboxylic acids is 1. The van der Waals surface area contributed by atoms with Crippen LogP contribution in [0.3, 0.4) is 0 Å². The Labute approximate surface area is 91.8 Å². The molecule has 1 aliphatic rings. The van der Waals surface area contributed by atoms with Crippen LogP contribution in [0.25, 0.3) is 0 Å². The van der Waals surface area contributed by atoms with E-state index in [9.17, 15) is 9.59 Å². The SMILES string of the molecule is Cc1cc(CN2C(=O)CCC2C(=O)O)on1. The summed E-state index contributed by atoms with van der Waals surface area (Å²) in [6.45, 7) is 1.95. The molecule has 6 nitrogen and oxygen atoms in total. The van der Waals surface area contributed by atoms with E-state index in [1.54, 1.807) is 13.0 Å². The first-order valence-corrected chi connectivity index (χ1v) is 5.02. The zero-order valence-electron chi connectivity index (χ0n) is 8.84. The van der Waals surface area contributed by atoms with Crippen LogP contribution in [0.4, 0.5) is 0 Å². The van der Waals surface area contributed by atoms with Crippen LogP contribution < -0.4 is 0 Å². The van der Waals surface area contributed by atoms with E-state index >= 15 is 0 Å². The molecule has 0 radical (unpaired) electrons. The summed E-state index contributed by atoms with van der Waals surface area (Å²) in [5.41, 5.74) is 0.716. The third-order valence-electron chi connectivity index (χ3n) is 2.62. The largest absolute Gasteiger partial charge is 0.480 e. The maximum absolute atomic E-state index is 11.5. The van der Waals surface area contributed by atoms with E-state index in [-0.39, 0.29) is 18.9 Å². The van der Waals surface area contributed by atoms with Crippen LogP contribution in [-0.4, -0.2) is 33.1 Å². The first-order chi connectivity index (χ1) is 7.58. The number of hydrogen-bond acceptors (Lipinski definition) is 4. The fourth-order valence-electron chi connectivity index (χ4n) is 1.85. The first-order valence-electron chi connectivity index (χ1n) is 5.02. The Balaban J connectivity index is 2.12. The van der Waals surface area contributed by atoms with E-state index in [0.29, 0.717) is 17.9 Å². The van der Waals surface area contributed by atoms with Gasteiger partial charge in [-0.05, 0) is 13.3 Å².